The Kier molecular flexibility index (Phi) is 8.19. The van der Waals surface area contributed by atoms with E-state index in [1.807, 2.05) is 0 Å². The lowest BCUT2D eigenvalue weighted by Crippen LogP contribution is -2.32. The molecule has 1 amide bonds. The number of carbonyl (C=O) groups is 1. The maximum atomic E-state index is 11.2. The molecule has 0 aromatic carbocycles. The van der Waals surface area contributed by atoms with E-state index < -0.39 is 9.84 Å². The Morgan fingerprint density at radius 1 is 1.19 bits per heavy atom. The van der Waals surface area contributed by atoms with Crippen molar-refractivity contribution in [2.45, 2.75) is 26.2 Å². The van der Waals surface area contributed by atoms with Crippen LogP contribution in [-0.2, 0) is 14.6 Å². The van der Waals surface area contributed by atoms with Crippen LogP contribution in [0.25, 0.3) is 0 Å². The summed E-state index contributed by atoms with van der Waals surface area (Å²) in [6.07, 6.45) is 2.93. The molecule has 0 bridgehead atoms. The fourth-order valence-electron chi connectivity index (χ4n) is 1.18. The first-order valence-electron chi connectivity index (χ1n) is 5.61. The molecule has 0 aliphatic heterocycles. The van der Waals surface area contributed by atoms with Crippen LogP contribution in [0.15, 0.2) is 0 Å². The van der Waals surface area contributed by atoms with E-state index in [0.717, 1.165) is 19.5 Å². The highest BCUT2D eigenvalue weighted by Crippen LogP contribution is 1.93. The van der Waals surface area contributed by atoms with Crippen molar-refractivity contribution in [3.8, 4) is 0 Å². The third kappa shape index (κ3) is 11.5. The van der Waals surface area contributed by atoms with Gasteiger partial charge in [-0.2, -0.15) is 0 Å². The van der Waals surface area contributed by atoms with Crippen molar-refractivity contribution in [2.24, 2.45) is 0 Å². The summed E-state index contributed by atoms with van der Waals surface area (Å²) in [4.78, 5) is 11.2. The van der Waals surface area contributed by atoms with Crippen molar-refractivity contribution in [1.29, 1.82) is 0 Å². The molecule has 0 fully saturated rings. The summed E-state index contributed by atoms with van der Waals surface area (Å²) in [5, 5.41) is 5.89. The molecule has 16 heavy (non-hydrogen) atoms. The minimum Gasteiger partial charge on any atom is -0.355 e. The molecule has 0 atom stereocenters. The van der Waals surface area contributed by atoms with Crippen LogP contribution in [0.5, 0.6) is 0 Å². The minimum atomic E-state index is -2.94. The molecule has 2 N–H and O–H groups in total. The van der Waals surface area contributed by atoms with Gasteiger partial charge >= 0.3 is 0 Å². The molecular formula is C10H22N2O3S. The van der Waals surface area contributed by atoms with Crippen molar-refractivity contribution in [3.63, 3.8) is 0 Å². The zero-order valence-corrected chi connectivity index (χ0v) is 10.9. The smallest absolute Gasteiger partial charge is 0.220 e. The first kappa shape index (κ1) is 15.4. The summed E-state index contributed by atoms with van der Waals surface area (Å²) in [5.74, 6) is -0.00365. The second-order valence-corrected chi connectivity index (χ2v) is 6.09. The van der Waals surface area contributed by atoms with Gasteiger partial charge in [0.2, 0.25) is 5.91 Å². The van der Waals surface area contributed by atoms with Gasteiger partial charge in [0.25, 0.3) is 0 Å². The first-order chi connectivity index (χ1) is 7.45. The van der Waals surface area contributed by atoms with Crippen molar-refractivity contribution in [1.82, 2.24) is 10.6 Å². The van der Waals surface area contributed by atoms with Gasteiger partial charge in [0, 0.05) is 25.8 Å². The number of rotatable bonds is 9. The van der Waals surface area contributed by atoms with Crippen molar-refractivity contribution in [3.05, 3.63) is 0 Å². The van der Waals surface area contributed by atoms with E-state index >= 15 is 0 Å². The van der Waals surface area contributed by atoms with Gasteiger partial charge in [0.1, 0.15) is 9.84 Å². The lowest BCUT2D eigenvalue weighted by atomic mass is 10.3. The zero-order valence-electron chi connectivity index (χ0n) is 10.1. The topological polar surface area (TPSA) is 75.3 Å². The maximum Gasteiger partial charge on any atom is 0.220 e. The van der Waals surface area contributed by atoms with E-state index in [9.17, 15) is 13.2 Å². The normalized spacial score (nSPS) is 11.4. The molecule has 0 radical (unpaired) electrons. The summed E-state index contributed by atoms with van der Waals surface area (Å²) in [7, 11) is -2.94. The van der Waals surface area contributed by atoms with E-state index in [2.05, 4.69) is 17.6 Å². The highest BCUT2D eigenvalue weighted by molar-refractivity contribution is 7.90. The van der Waals surface area contributed by atoms with Crippen molar-refractivity contribution >= 4 is 15.7 Å². The molecule has 6 heteroatoms. The number of hydrogen-bond acceptors (Lipinski definition) is 4. The molecule has 0 unspecified atom stereocenters. The van der Waals surface area contributed by atoms with E-state index in [4.69, 9.17) is 0 Å². The van der Waals surface area contributed by atoms with Crippen LogP contribution < -0.4 is 10.6 Å². The third-order valence-electron chi connectivity index (χ3n) is 1.97. The molecule has 96 valence electrons. The van der Waals surface area contributed by atoms with Crippen LogP contribution in [0.3, 0.4) is 0 Å². The van der Waals surface area contributed by atoms with Gasteiger partial charge in [-0.05, 0) is 19.4 Å². The number of hydrogen-bond donors (Lipinski definition) is 2. The van der Waals surface area contributed by atoms with Gasteiger partial charge in [-0.15, -0.1) is 0 Å². The third-order valence-corrected chi connectivity index (χ3v) is 3.00. The predicted molar refractivity (Wildman–Crippen MR) is 65.1 cm³/mol. The minimum absolute atomic E-state index is 0.0779. The predicted octanol–water partition coefficient (Wildman–Crippen LogP) is -0.0730. The van der Waals surface area contributed by atoms with Crippen LogP contribution in [-0.4, -0.2) is 46.0 Å². The lowest BCUT2D eigenvalue weighted by molar-refractivity contribution is -0.121. The molecule has 0 aliphatic rings. The Bertz CT molecular complexity index is 288. The van der Waals surface area contributed by atoms with Crippen molar-refractivity contribution in [2.75, 3.05) is 31.6 Å². The molecule has 0 saturated heterocycles. The molecule has 0 heterocycles. The van der Waals surface area contributed by atoms with E-state index in [1.165, 1.54) is 6.26 Å². The Hall–Kier alpha value is -0.620. The molecule has 5 nitrogen and oxygen atoms in total. The SMILES string of the molecule is CCCNCCNC(=O)CCCS(C)(=O)=O. The number of carbonyl (C=O) groups excluding carboxylic acids is 1. The summed E-state index contributed by atoms with van der Waals surface area (Å²) < 4.78 is 21.6. The molecule has 0 rings (SSSR count). The van der Waals surface area contributed by atoms with Crippen LogP contribution in [0.2, 0.25) is 0 Å². The fraction of sp³-hybridized carbons (Fsp3) is 0.900. The second kappa shape index (κ2) is 8.52. The highest BCUT2D eigenvalue weighted by atomic mass is 32.2. The zero-order chi connectivity index (χ0) is 12.4. The highest BCUT2D eigenvalue weighted by Gasteiger charge is 2.05. The Morgan fingerprint density at radius 3 is 2.44 bits per heavy atom. The summed E-state index contributed by atoms with van der Waals surface area (Å²) in [6, 6.07) is 0. The molecule has 0 aromatic heterocycles. The maximum absolute atomic E-state index is 11.2. The summed E-state index contributed by atoms with van der Waals surface area (Å²) in [5.41, 5.74) is 0. The molecule has 0 spiro atoms. The van der Waals surface area contributed by atoms with Gasteiger partial charge in [0.05, 0.1) is 5.75 Å². The monoisotopic (exact) mass is 250 g/mol. The van der Waals surface area contributed by atoms with E-state index in [-0.39, 0.29) is 18.1 Å². The number of amides is 1. The Labute approximate surface area is 97.9 Å². The fourth-order valence-corrected chi connectivity index (χ4v) is 1.84. The average Bonchev–Trinajstić information content (AvgIpc) is 2.15. The number of nitrogens with one attached hydrogen (secondary N) is 2. The van der Waals surface area contributed by atoms with Crippen LogP contribution >= 0.6 is 0 Å². The van der Waals surface area contributed by atoms with Gasteiger partial charge in [-0.1, -0.05) is 6.92 Å². The number of sulfone groups is 1. The Morgan fingerprint density at radius 2 is 1.88 bits per heavy atom. The van der Waals surface area contributed by atoms with E-state index in [1.54, 1.807) is 0 Å². The van der Waals surface area contributed by atoms with E-state index in [0.29, 0.717) is 13.0 Å². The van der Waals surface area contributed by atoms with Gasteiger partial charge < -0.3 is 10.6 Å². The molecular weight excluding hydrogens is 228 g/mol. The van der Waals surface area contributed by atoms with Gasteiger partial charge in [-0.25, -0.2) is 8.42 Å². The summed E-state index contributed by atoms with van der Waals surface area (Å²) >= 11 is 0. The van der Waals surface area contributed by atoms with Gasteiger partial charge in [-0.3, -0.25) is 4.79 Å². The second-order valence-electron chi connectivity index (χ2n) is 3.83. The quantitative estimate of drug-likeness (QED) is 0.562. The van der Waals surface area contributed by atoms with Crippen molar-refractivity contribution < 1.29 is 13.2 Å². The first-order valence-corrected chi connectivity index (χ1v) is 7.67. The largest absolute Gasteiger partial charge is 0.355 e. The lowest BCUT2D eigenvalue weighted by Gasteiger charge is -2.05. The standard InChI is InChI=1S/C10H22N2O3S/c1-3-6-11-7-8-12-10(13)5-4-9-16(2,14)15/h11H,3-9H2,1-2H3,(H,12,13). The molecule has 0 saturated carbocycles. The average molecular weight is 250 g/mol. The summed E-state index contributed by atoms with van der Waals surface area (Å²) in [6.45, 7) is 4.38. The van der Waals surface area contributed by atoms with Gasteiger partial charge in [0.15, 0.2) is 0 Å². The van der Waals surface area contributed by atoms with Crippen LogP contribution in [0, 0.1) is 0 Å². The molecule has 0 aliphatic carbocycles. The van der Waals surface area contributed by atoms with Crippen LogP contribution in [0.1, 0.15) is 26.2 Å². The Balaban J connectivity index is 3.38. The van der Waals surface area contributed by atoms with Crippen LogP contribution in [0.4, 0.5) is 0 Å². The molecule has 0 aromatic rings.